The third kappa shape index (κ3) is 7.78. The second-order valence-electron chi connectivity index (χ2n) is 8.67. The second kappa shape index (κ2) is 13.6. The Labute approximate surface area is 217 Å². The van der Waals surface area contributed by atoms with Gasteiger partial charge >= 0.3 is 0 Å². The number of nitrogens with zero attached hydrogens (tertiary/aromatic N) is 4. The van der Waals surface area contributed by atoms with Crippen molar-refractivity contribution in [1.29, 1.82) is 5.26 Å². The molecule has 1 aliphatic rings. The number of nitriles is 1. The maximum absolute atomic E-state index is 11.1. The molecule has 1 saturated heterocycles. The number of benzene rings is 1. The average Bonchev–Trinajstić information content (AvgIpc) is 2.90. The molecule has 2 aromatic rings. The molecule has 3 rings (SSSR count). The lowest BCUT2D eigenvalue weighted by Crippen LogP contribution is -2.36. The summed E-state index contributed by atoms with van der Waals surface area (Å²) < 4.78 is 5.79. The summed E-state index contributed by atoms with van der Waals surface area (Å²) in [5, 5.41) is 12.4. The molecule has 1 aliphatic heterocycles. The molecule has 9 nitrogen and oxygen atoms in total. The normalized spacial score (nSPS) is 15.0. The smallest absolute Gasteiger partial charge is 0.259 e. The molecule has 0 unspecified atom stereocenters. The fourth-order valence-electron chi connectivity index (χ4n) is 4.15. The number of carbonyl (C=O) groups is 1. The van der Waals surface area contributed by atoms with Crippen LogP contribution in [0.5, 0.6) is 5.75 Å². The van der Waals surface area contributed by atoms with Gasteiger partial charge in [-0.25, -0.2) is 9.97 Å². The molecule has 2 heterocycles. The first-order valence-corrected chi connectivity index (χ1v) is 12.1. The molecule has 5 N–H and O–H groups in total. The lowest BCUT2D eigenvalue weighted by molar-refractivity contribution is -0.114. The number of hydrogen-bond donors (Lipinski definition) is 3. The predicted octanol–water partition coefficient (Wildman–Crippen LogP) is 3.81. The molecular weight excluding hydrogens is 466 g/mol. The molecule has 0 bridgehead atoms. The van der Waals surface area contributed by atoms with Crippen LogP contribution in [0.3, 0.4) is 0 Å². The number of likely N-dealkylation sites (tertiary alicyclic amines) is 1. The van der Waals surface area contributed by atoms with Crippen molar-refractivity contribution in [2.75, 3.05) is 37.2 Å². The fourth-order valence-corrected chi connectivity index (χ4v) is 4.15. The zero-order valence-electron chi connectivity index (χ0n) is 20.9. The van der Waals surface area contributed by atoms with E-state index in [1.54, 1.807) is 24.3 Å². The van der Waals surface area contributed by atoms with Gasteiger partial charge < -0.3 is 26.4 Å². The summed E-state index contributed by atoms with van der Waals surface area (Å²) in [6.07, 6.45) is 10.8. The maximum atomic E-state index is 11.1. The molecule has 1 fully saturated rings. The van der Waals surface area contributed by atoms with Crippen LogP contribution in [0.4, 0.5) is 11.6 Å². The van der Waals surface area contributed by atoms with Gasteiger partial charge in [-0.3, -0.25) is 4.79 Å². The minimum Gasteiger partial charge on any atom is -0.457 e. The van der Waals surface area contributed by atoms with E-state index in [1.165, 1.54) is 6.33 Å². The number of amides is 1. The molecule has 192 valence electrons. The Balaban J connectivity index is 1.57. The van der Waals surface area contributed by atoms with Gasteiger partial charge in [-0.2, -0.15) is 5.26 Å². The first kappa shape index (κ1) is 27.2. The highest BCUT2D eigenvalue weighted by Gasteiger charge is 2.20. The van der Waals surface area contributed by atoms with Crippen LogP contribution in [0.15, 0.2) is 79.4 Å². The van der Waals surface area contributed by atoms with E-state index in [9.17, 15) is 4.79 Å². The Morgan fingerprint density at radius 3 is 2.59 bits per heavy atom. The standard InChI is InChI=1S/C28H33N7O2/c1-3-6-23(4-2)37-24-10-8-21(9-11-24)25-26(30)33-19-34-28(25)32-18-20-12-15-35(16-13-20)14-5-7-22(17-29)27(31)36/h3-4,6-11,19-20H,1-2,5,12-16,18H2,(H2,31,36)(H3,30,32,33,34)/b22-7-,23-6+. The first-order chi connectivity index (χ1) is 17.9. The number of hydrogen-bond acceptors (Lipinski definition) is 8. The number of nitrogen functional groups attached to an aromatic ring is 1. The number of piperidine rings is 1. The topological polar surface area (TPSA) is 143 Å². The summed E-state index contributed by atoms with van der Waals surface area (Å²) in [7, 11) is 0. The lowest BCUT2D eigenvalue weighted by Gasteiger charge is -2.32. The largest absolute Gasteiger partial charge is 0.457 e. The van der Waals surface area contributed by atoms with Crippen LogP contribution in [0.1, 0.15) is 19.3 Å². The molecular formula is C28H33N7O2. The van der Waals surface area contributed by atoms with Gasteiger partial charge in [0.25, 0.3) is 5.91 Å². The van der Waals surface area contributed by atoms with E-state index in [0.29, 0.717) is 35.5 Å². The Morgan fingerprint density at radius 2 is 1.97 bits per heavy atom. The highest BCUT2D eigenvalue weighted by Crippen LogP contribution is 2.32. The molecule has 1 amide bonds. The van der Waals surface area contributed by atoms with E-state index in [4.69, 9.17) is 21.5 Å². The van der Waals surface area contributed by atoms with Gasteiger partial charge in [-0.15, -0.1) is 0 Å². The third-order valence-corrected chi connectivity index (χ3v) is 6.18. The molecule has 1 aromatic carbocycles. The predicted molar refractivity (Wildman–Crippen MR) is 146 cm³/mol. The summed E-state index contributed by atoms with van der Waals surface area (Å²) >= 11 is 0. The van der Waals surface area contributed by atoms with Crippen LogP contribution < -0.4 is 21.5 Å². The van der Waals surface area contributed by atoms with Crippen LogP contribution >= 0.6 is 0 Å². The van der Waals surface area contributed by atoms with Gasteiger partial charge in [0, 0.05) is 13.1 Å². The molecule has 0 aliphatic carbocycles. The molecule has 9 heteroatoms. The zero-order valence-corrected chi connectivity index (χ0v) is 20.9. The van der Waals surface area contributed by atoms with Gasteiger partial charge in [-0.05, 0) is 68.1 Å². The van der Waals surface area contributed by atoms with Crippen molar-refractivity contribution in [3.05, 3.63) is 79.4 Å². The van der Waals surface area contributed by atoms with Crippen LogP contribution in [0.25, 0.3) is 11.1 Å². The first-order valence-electron chi connectivity index (χ1n) is 12.1. The van der Waals surface area contributed by atoms with Gasteiger partial charge in [0.1, 0.15) is 41.1 Å². The number of carbonyl (C=O) groups excluding carboxylic acids is 1. The highest BCUT2D eigenvalue weighted by atomic mass is 16.5. The molecule has 1 aromatic heterocycles. The average molecular weight is 500 g/mol. The van der Waals surface area contributed by atoms with E-state index in [-0.39, 0.29) is 5.57 Å². The highest BCUT2D eigenvalue weighted by molar-refractivity contribution is 5.95. The SMILES string of the molecule is C=C/C=C(\C=C)Oc1ccc(-c2c(N)ncnc2NCC2CCN(CC/C=C(/C#N)C(N)=O)CC2)cc1. The number of ether oxygens (including phenoxy) is 1. The van der Waals surface area contributed by atoms with E-state index in [1.807, 2.05) is 30.3 Å². The summed E-state index contributed by atoms with van der Waals surface area (Å²) in [4.78, 5) is 22.1. The molecule has 37 heavy (non-hydrogen) atoms. The van der Waals surface area contributed by atoms with Crippen LogP contribution in [0, 0.1) is 17.2 Å². The lowest BCUT2D eigenvalue weighted by atomic mass is 9.96. The Bertz CT molecular complexity index is 1200. The summed E-state index contributed by atoms with van der Waals surface area (Å²) in [5.74, 6) is 2.18. The Kier molecular flexibility index (Phi) is 10.00. The zero-order chi connectivity index (χ0) is 26.6. The van der Waals surface area contributed by atoms with Crippen molar-refractivity contribution >= 4 is 17.5 Å². The minimum absolute atomic E-state index is 0.0206. The van der Waals surface area contributed by atoms with Gasteiger partial charge in [0.15, 0.2) is 0 Å². The number of anilines is 2. The van der Waals surface area contributed by atoms with Crippen molar-refractivity contribution in [2.24, 2.45) is 11.7 Å². The van der Waals surface area contributed by atoms with E-state index < -0.39 is 5.91 Å². The van der Waals surface area contributed by atoms with Crippen LogP contribution in [-0.4, -0.2) is 47.0 Å². The fraction of sp³-hybridized carbons (Fsp3) is 0.286. The van der Waals surface area contributed by atoms with Crippen molar-refractivity contribution < 1.29 is 9.53 Å². The monoisotopic (exact) mass is 499 g/mol. The Morgan fingerprint density at radius 1 is 1.24 bits per heavy atom. The summed E-state index contributed by atoms with van der Waals surface area (Å²) in [5.41, 5.74) is 13.1. The maximum Gasteiger partial charge on any atom is 0.259 e. The Hall–Kier alpha value is -4.42. The van der Waals surface area contributed by atoms with Crippen molar-refractivity contribution in [2.45, 2.75) is 19.3 Å². The summed E-state index contributed by atoms with van der Waals surface area (Å²) in [6, 6.07) is 9.41. The van der Waals surface area contributed by atoms with Gasteiger partial charge in [-0.1, -0.05) is 37.4 Å². The molecule has 0 radical (unpaired) electrons. The van der Waals surface area contributed by atoms with E-state index >= 15 is 0 Å². The molecule has 0 atom stereocenters. The number of rotatable bonds is 12. The quantitative estimate of drug-likeness (QED) is 0.173. The molecule has 0 spiro atoms. The second-order valence-corrected chi connectivity index (χ2v) is 8.67. The van der Waals surface area contributed by atoms with E-state index in [0.717, 1.165) is 50.1 Å². The number of primary amides is 1. The number of allylic oxidation sites excluding steroid dienone is 3. The third-order valence-electron chi connectivity index (χ3n) is 6.18. The van der Waals surface area contributed by atoms with Gasteiger partial charge in [0.05, 0.1) is 5.56 Å². The van der Waals surface area contributed by atoms with Crippen molar-refractivity contribution in [3.8, 4) is 22.9 Å². The number of aromatic nitrogens is 2. The molecule has 0 saturated carbocycles. The summed E-state index contributed by atoms with van der Waals surface area (Å²) in [6.45, 7) is 10.9. The van der Waals surface area contributed by atoms with Crippen molar-refractivity contribution in [1.82, 2.24) is 14.9 Å². The van der Waals surface area contributed by atoms with E-state index in [2.05, 4.69) is 33.3 Å². The minimum atomic E-state index is -0.677. The number of nitrogens with one attached hydrogen (secondary N) is 1. The number of nitrogens with two attached hydrogens (primary N) is 2. The van der Waals surface area contributed by atoms with Crippen molar-refractivity contribution in [3.63, 3.8) is 0 Å². The van der Waals surface area contributed by atoms with Crippen LogP contribution in [0.2, 0.25) is 0 Å². The van der Waals surface area contributed by atoms with Gasteiger partial charge in [0.2, 0.25) is 0 Å². The van der Waals surface area contributed by atoms with Crippen LogP contribution in [-0.2, 0) is 4.79 Å².